The molecule has 0 saturated heterocycles. The van der Waals surface area contributed by atoms with Crippen LogP contribution in [0.25, 0.3) is 0 Å². The van der Waals surface area contributed by atoms with Crippen LogP contribution in [0, 0.1) is 12.7 Å². The summed E-state index contributed by atoms with van der Waals surface area (Å²) >= 11 is 3.26. The first-order valence-corrected chi connectivity index (χ1v) is 5.61. The second-order valence-corrected chi connectivity index (χ2v) is 3.82. The van der Waals surface area contributed by atoms with Crippen LogP contribution in [0.2, 0.25) is 0 Å². The first-order chi connectivity index (χ1) is 7.08. The number of aryl methyl sites for hydroxylation is 1. The first-order valence-electron chi connectivity index (χ1n) is 4.49. The first kappa shape index (κ1) is 12.2. The fourth-order valence-corrected chi connectivity index (χ4v) is 1.82. The summed E-state index contributed by atoms with van der Waals surface area (Å²) < 4.78 is 17.8. The van der Waals surface area contributed by atoms with E-state index in [1.54, 1.807) is 13.0 Å². The highest BCUT2D eigenvalue weighted by atomic mass is 79.9. The number of methoxy groups -OCH3 is 1. The minimum atomic E-state index is -0.316. The zero-order valence-electron chi connectivity index (χ0n) is 8.64. The largest absolute Gasteiger partial charge is 0.469 e. The van der Waals surface area contributed by atoms with Crippen LogP contribution in [0.3, 0.4) is 0 Å². The molecule has 82 valence electrons. The van der Waals surface area contributed by atoms with Crippen LogP contribution in [0.5, 0.6) is 0 Å². The zero-order valence-corrected chi connectivity index (χ0v) is 10.2. The van der Waals surface area contributed by atoms with E-state index in [1.165, 1.54) is 13.2 Å². The topological polar surface area (TPSA) is 26.3 Å². The average Bonchev–Trinajstić information content (AvgIpc) is 2.22. The van der Waals surface area contributed by atoms with E-state index in [0.717, 1.165) is 11.1 Å². The molecule has 0 aliphatic heterocycles. The van der Waals surface area contributed by atoms with Crippen LogP contribution in [0.4, 0.5) is 4.39 Å². The highest BCUT2D eigenvalue weighted by molar-refractivity contribution is 9.08. The van der Waals surface area contributed by atoms with E-state index in [2.05, 4.69) is 20.7 Å². The highest BCUT2D eigenvalue weighted by Gasteiger charge is 2.10. The number of esters is 1. The van der Waals surface area contributed by atoms with E-state index >= 15 is 0 Å². The third-order valence-electron chi connectivity index (χ3n) is 2.19. The van der Waals surface area contributed by atoms with E-state index in [1.807, 2.05) is 0 Å². The standard InChI is InChI=1S/C11H12BrFO2/c1-7-3-8(5-11(14)15-2)9(6-12)4-10(7)13/h3-4H,5-6H2,1-2H3. The molecule has 1 rings (SSSR count). The molecule has 0 heterocycles. The van der Waals surface area contributed by atoms with Gasteiger partial charge in [-0.2, -0.15) is 0 Å². The van der Waals surface area contributed by atoms with Crippen molar-refractivity contribution in [1.82, 2.24) is 0 Å². The smallest absolute Gasteiger partial charge is 0.309 e. The van der Waals surface area contributed by atoms with E-state index in [4.69, 9.17) is 0 Å². The number of benzene rings is 1. The summed E-state index contributed by atoms with van der Waals surface area (Å²) in [5, 5.41) is 0.524. The molecule has 0 atom stereocenters. The van der Waals surface area contributed by atoms with Crippen molar-refractivity contribution in [3.8, 4) is 0 Å². The summed E-state index contributed by atoms with van der Waals surface area (Å²) in [6, 6.07) is 3.13. The van der Waals surface area contributed by atoms with E-state index in [-0.39, 0.29) is 18.2 Å². The molecule has 15 heavy (non-hydrogen) atoms. The van der Waals surface area contributed by atoms with Crippen molar-refractivity contribution < 1.29 is 13.9 Å². The molecule has 0 aliphatic rings. The summed E-state index contributed by atoms with van der Waals surface area (Å²) in [5.74, 6) is -0.568. The van der Waals surface area contributed by atoms with Crippen LogP contribution < -0.4 is 0 Å². The number of carbonyl (C=O) groups excluding carboxylic acids is 1. The maximum atomic E-state index is 13.2. The van der Waals surface area contributed by atoms with Gasteiger partial charge in [-0.3, -0.25) is 4.79 Å². The second-order valence-electron chi connectivity index (χ2n) is 3.26. The molecule has 0 radical (unpaired) electrons. The summed E-state index contributed by atoms with van der Waals surface area (Å²) in [6.45, 7) is 1.67. The third-order valence-corrected chi connectivity index (χ3v) is 2.79. The minimum Gasteiger partial charge on any atom is -0.469 e. The molecule has 4 heteroatoms. The molecule has 0 aliphatic carbocycles. The molecule has 0 N–H and O–H groups in total. The SMILES string of the molecule is COC(=O)Cc1cc(C)c(F)cc1CBr. The Morgan fingerprint density at radius 3 is 2.67 bits per heavy atom. The lowest BCUT2D eigenvalue weighted by Crippen LogP contribution is -2.07. The molecule has 0 spiro atoms. The van der Waals surface area contributed by atoms with E-state index in [9.17, 15) is 9.18 Å². The van der Waals surface area contributed by atoms with Crippen molar-refractivity contribution in [3.63, 3.8) is 0 Å². The van der Waals surface area contributed by atoms with Gasteiger partial charge >= 0.3 is 5.97 Å². The summed E-state index contributed by atoms with van der Waals surface area (Å²) in [7, 11) is 1.34. The Morgan fingerprint density at radius 1 is 1.47 bits per heavy atom. The van der Waals surface area contributed by atoms with Gasteiger partial charge in [0.05, 0.1) is 13.5 Å². The maximum absolute atomic E-state index is 13.2. The molecular weight excluding hydrogens is 263 g/mol. The molecule has 2 nitrogen and oxygen atoms in total. The Bertz CT molecular complexity index is 377. The van der Waals surface area contributed by atoms with Gasteiger partial charge < -0.3 is 4.74 Å². The molecule has 1 aromatic carbocycles. The predicted molar refractivity (Wildman–Crippen MR) is 59.5 cm³/mol. The van der Waals surface area contributed by atoms with Crippen molar-refractivity contribution in [2.45, 2.75) is 18.7 Å². The fraction of sp³-hybridized carbons (Fsp3) is 0.364. The minimum absolute atomic E-state index is 0.179. The van der Waals surface area contributed by atoms with Gasteiger partial charge in [0.15, 0.2) is 0 Å². The highest BCUT2D eigenvalue weighted by Crippen LogP contribution is 2.19. The van der Waals surface area contributed by atoms with Gasteiger partial charge in [0.2, 0.25) is 0 Å². The molecule has 0 saturated carbocycles. The molecule has 0 amide bonds. The lowest BCUT2D eigenvalue weighted by molar-refractivity contribution is -0.139. The maximum Gasteiger partial charge on any atom is 0.309 e. The van der Waals surface area contributed by atoms with Crippen molar-refractivity contribution in [2.75, 3.05) is 7.11 Å². The Hall–Kier alpha value is -0.900. The Balaban J connectivity index is 3.05. The van der Waals surface area contributed by atoms with Crippen LogP contribution in [-0.2, 0) is 21.3 Å². The molecule has 1 aromatic rings. The van der Waals surface area contributed by atoms with Gasteiger partial charge in [0.25, 0.3) is 0 Å². The fourth-order valence-electron chi connectivity index (χ4n) is 1.30. The van der Waals surface area contributed by atoms with E-state index < -0.39 is 0 Å². The zero-order chi connectivity index (χ0) is 11.4. The van der Waals surface area contributed by atoms with Crippen LogP contribution in [0.1, 0.15) is 16.7 Å². The summed E-state index contributed by atoms with van der Waals surface area (Å²) in [4.78, 5) is 11.1. The number of hydrogen-bond acceptors (Lipinski definition) is 2. The van der Waals surface area contributed by atoms with Crippen molar-refractivity contribution >= 4 is 21.9 Å². The number of carbonyl (C=O) groups is 1. The molecular formula is C11H12BrFO2. The Kier molecular flexibility index (Phi) is 4.27. The number of halogens is 2. The molecule has 0 bridgehead atoms. The number of alkyl halides is 1. The number of ether oxygens (including phenoxy) is 1. The van der Waals surface area contributed by atoms with E-state index in [0.29, 0.717) is 10.9 Å². The Morgan fingerprint density at radius 2 is 2.13 bits per heavy atom. The van der Waals surface area contributed by atoms with Gasteiger partial charge in [-0.05, 0) is 29.7 Å². The number of rotatable bonds is 3. The lowest BCUT2D eigenvalue weighted by Gasteiger charge is -2.08. The van der Waals surface area contributed by atoms with Crippen LogP contribution in [-0.4, -0.2) is 13.1 Å². The monoisotopic (exact) mass is 274 g/mol. The third kappa shape index (κ3) is 3.02. The summed E-state index contributed by atoms with van der Waals surface area (Å²) in [6.07, 6.45) is 0.179. The normalized spacial score (nSPS) is 10.1. The van der Waals surface area contributed by atoms with Gasteiger partial charge in [-0.25, -0.2) is 4.39 Å². The van der Waals surface area contributed by atoms with Crippen LogP contribution >= 0.6 is 15.9 Å². The molecule has 0 unspecified atom stereocenters. The van der Waals surface area contributed by atoms with Crippen LogP contribution in [0.15, 0.2) is 12.1 Å². The molecule has 0 fully saturated rings. The lowest BCUT2D eigenvalue weighted by atomic mass is 10.0. The summed E-state index contributed by atoms with van der Waals surface area (Å²) in [5.41, 5.74) is 2.12. The van der Waals surface area contributed by atoms with Crippen molar-refractivity contribution in [1.29, 1.82) is 0 Å². The average molecular weight is 275 g/mol. The van der Waals surface area contributed by atoms with Gasteiger partial charge in [-0.15, -0.1) is 0 Å². The number of hydrogen-bond donors (Lipinski definition) is 0. The van der Waals surface area contributed by atoms with Crippen molar-refractivity contribution in [3.05, 3.63) is 34.6 Å². The van der Waals surface area contributed by atoms with Crippen molar-refractivity contribution in [2.24, 2.45) is 0 Å². The van der Waals surface area contributed by atoms with Gasteiger partial charge in [0.1, 0.15) is 5.82 Å². The second kappa shape index (κ2) is 5.26. The quantitative estimate of drug-likeness (QED) is 0.626. The molecule has 0 aromatic heterocycles. The van der Waals surface area contributed by atoms with Gasteiger partial charge in [0, 0.05) is 5.33 Å². The van der Waals surface area contributed by atoms with Gasteiger partial charge in [-0.1, -0.05) is 22.0 Å². The predicted octanol–water partition coefficient (Wildman–Crippen LogP) is 2.74. The Labute approximate surface area is 96.6 Å².